The van der Waals surface area contributed by atoms with Crippen molar-refractivity contribution in [3.8, 4) is 0 Å². The molecule has 0 aromatic heterocycles. The van der Waals surface area contributed by atoms with E-state index in [2.05, 4.69) is 19.1 Å². The molecule has 1 fully saturated rings. The SMILES string of the molecule is CCCCCCCCCCCC[C@H]1O[C@@H]1CC/C=C\CCCCCCCCCCCCC1=C[C@@H](C)OC1=O. The number of ether oxygens (including phenoxy) is 2. The van der Waals surface area contributed by atoms with Crippen molar-refractivity contribution in [3.05, 3.63) is 23.8 Å². The van der Waals surface area contributed by atoms with Gasteiger partial charge in [-0.2, -0.15) is 0 Å². The summed E-state index contributed by atoms with van der Waals surface area (Å²) in [6.45, 7) is 4.22. The quantitative estimate of drug-likeness (QED) is 0.0459. The molecular weight excluding hydrogens is 468 g/mol. The highest BCUT2D eigenvalue weighted by atomic mass is 16.6. The Morgan fingerprint density at radius 3 is 1.71 bits per heavy atom. The van der Waals surface area contributed by atoms with Crippen LogP contribution in [0, 0.1) is 0 Å². The van der Waals surface area contributed by atoms with Gasteiger partial charge in [-0.1, -0.05) is 135 Å². The lowest BCUT2D eigenvalue weighted by Crippen LogP contribution is -2.03. The number of hydrogen-bond donors (Lipinski definition) is 0. The summed E-state index contributed by atoms with van der Waals surface area (Å²) < 4.78 is 11.0. The van der Waals surface area contributed by atoms with Crippen molar-refractivity contribution in [2.24, 2.45) is 0 Å². The van der Waals surface area contributed by atoms with Gasteiger partial charge in [0, 0.05) is 5.57 Å². The van der Waals surface area contributed by atoms with Gasteiger partial charge >= 0.3 is 5.97 Å². The van der Waals surface area contributed by atoms with E-state index < -0.39 is 0 Å². The largest absolute Gasteiger partial charge is 0.455 e. The van der Waals surface area contributed by atoms with Gasteiger partial charge in [0.25, 0.3) is 0 Å². The van der Waals surface area contributed by atoms with Crippen molar-refractivity contribution in [3.63, 3.8) is 0 Å². The number of carbonyl (C=O) groups excluding carboxylic acids is 1. The van der Waals surface area contributed by atoms with E-state index in [1.165, 1.54) is 148 Å². The number of unbranched alkanes of at least 4 members (excludes halogenated alkanes) is 19. The molecule has 0 bridgehead atoms. The maximum absolute atomic E-state index is 11.6. The lowest BCUT2D eigenvalue weighted by atomic mass is 10.0. The third-order valence-electron chi connectivity index (χ3n) is 8.37. The Balaban J connectivity index is 1.23. The molecule has 0 unspecified atom stereocenters. The lowest BCUT2D eigenvalue weighted by molar-refractivity contribution is -0.139. The molecule has 3 nitrogen and oxygen atoms in total. The van der Waals surface area contributed by atoms with Gasteiger partial charge in [0.2, 0.25) is 0 Å². The Kier molecular flexibility index (Phi) is 19.8. The summed E-state index contributed by atoms with van der Waals surface area (Å²) in [5.74, 6) is -0.0935. The van der Waals surface area contributed by atoms with Gasteiger partial charge in [-0.3, -0.25) is 0 Å². The van der Waals surface area contributed by atoms with E-state index in [1.54, 1.807) is 0 Å². The van der Waals surface area contributed by atoms with Crippen LogP contribution < -0.4 is 0 Å². The number of epoxide rings is 1. The molecule has 0 amide bonds. The van der Waals surface area contributed by atoms with Crippen LogP contribution in [0.2, 0.25) is 0 Å². The average molecular weight is 531 g/mol. The maximum Gasteiger partial charge on any atom is 0.334 e. The average Bonchev–Trinajstić information content (AvgIpc) is 3.58. The summed E-state index contributed by atoms with van der Waals surface area (Å²) in [7, 11) is 0. The van der Waals surface area contributed by atoms with E-state index in [0.29, 0.717) is 12.2 Å². The maximum atomic E-state index is 11.6. The smallest absolute Gasteiger partial charge is 0.334 e. The van der Waals surface area contributed by atoms with Gasteiger partial charge in [-0.25, -0.2) is 4.79 Å². The van der Waals surface area contributed by atoms with E-state index in [0.717, 1.165) is 18.4 Å². The van der Waals surface area contributed by atoms with Crippen molar-refractivity contribution >= 4 is 5.97 Å². The Hall–Kier alpha value is -1.09. The molecule has 2 rings (SSSR count). The summed E-state index contributed by atoms with van der Waals surface area (Å²) in [4.78, 5) is 11.6. The number of esters is 1. The molecule has 38 heavy (non-hydrogen) atoms. The van der Waals surface area contributed by atoms with E-state index in [1.807, 2.05) is 13.0 Å². The number of carbonyl (C=O) groups is 1. The van der Waals surface area contributed by atoms with Crippen molar-refractivity contribution in [2.75, 3.05) is 0 Å². The molecule has 0 aromatic rings. The van der Waals surface area contributed by atoms with Crippen LogP contribution in [0.25, 0.3) is 0 Å². The second-order valence-electron chi connectivity index (χ2n) is 12.1. The van der Waals surface area contributed by atoms with Gasteiger partial charge < -0.3 is 9.47 Å². The van der Waals surface area contributed by atoms with Crippen LogP contribution in [0.1, 0.15) is 174 Å². The van der Waals surface area contributed by atoms with Crippen LogP contribution in [0.3, 0.4) is 0 Å². The Labute approximate surface area is 236 Å². The Morgan fingerprint density at radius 2 is 1.13 bits per heavy atom. The standard InChI is InChI=1S/C35H62O3/c1-3-4-5-6-7-8-16-19-22-25-28-33-34(38-33)29-26-23-20-17-14-12-10-9-11-13-15-18-21-24-27-32-30-31(2)37-35(32)36/h20,23,30-31,33-34H,3-19,21-22,24-29H2,1-2H3/b23-20-/t31-,33-,34-/m1/s1. The third kappa shape index (κ3) is 17.5. The van der Waals surface area contributed by atoms with Gasteiger partial charge in [0.05, 0.1) is 12.2 Å². The first kappa shape index (κ1) is 33.1. The van der Waals surface area contributed by atoms with Crippen molar-refractivity contribution < 1.29 is 14.3 Å². The first-order valence-electron chi connectivity index (χ1n) is 16.9. The van der Waals surface area contributed by atoms with Crippen LogP contribution >= 0.6 is 0 Å². The molecule has 0 aliphatic carbocycles. The first-order valence-corrected chi connectivity index (χ1v) is 16.9. The third-order valence-corrected chi connectivity index (χ3v) is 8.37. The molecule has 2 aliphatic rings. The molecule has 2 aliphatic heterocycles. The van der Waals surface area contributed by atoms with Gasteiger partial charge in [-0.05, 0) is 57.9 Å². The van der Waals surface area contributed by atoms with Crippen LogP contribution in [0.4, 0.5) is 0 Å². The van der Waals surface area contributed by atoms with Crippen molar-refractivity contribution in [2.45, 2.75) is 193 Å². The molecule has 3 atom stereocenters. The minimum absolute atomic E-state index is 0.0205. The normalized spacial score (nSPS) is 20.8. The summed E-state index contributed by atoms with van der Waals surface area (Å²) in [5, 5.41) is 0. The Bertz CT molecular complexity index is 637. The van der Waals surface area contributed by atoms with Crippen LogP contribution in [-0.4, -0.2) is 24.3 Å². The van der Waals surface area contributed by atoms with Crippen molar-refractivity contribution in [1.29, 1.82) is 0 Å². The molecule has 0 saturated carbocycles. The second-order valence-corrected chi connectivity index (χ2v) is 12.1. The minimum Gasteiger partial charge on any atom is -0.455 e. The van der Waals surface area contributed by atoms with E-state index >= 15 is 0 Å². The first-order chi connectivity index (χ1) is 18.7. The Morgan fingerprint density at radius 1 is 0.632 bits per heavy atom. The van der Waals surface area contributed by atoms with Gasteiger partial charge in [-0.15, -0.1) is 0 Å². The number of cyclic esters (lactones) is 1. The molecule has 0 radical (unpaired) electrons. The fraction of sp³-hybridized carbons (Fsp3) is 0.857. The molecule has 1 saturated heterocycles. The lowest BCUT2D eigenvalue weighted by Gasteiger charge is -2.03. The fourth-order valence-electron chi connectivity index (χ4n) is 5.82. The molecule has 0 spiro atoms. The number of rotatable bonds is 27. The molecule has 3 heteroatoms. The highest BCUT2D eigenvalue weighted by molar-refractivity contribution is 5.90. The summed E-state index contributed by atoms with van der Waals surface area (Å²) in [6, 6.07) is 0. The van der Waals surface area contributed by atoms with E-state index in [9.17, 15) is 4.79 Å². The van der Waals surface area contributed by atoms with Crippen LogP contribution in [-0.2, 0) is 14.3 Å². The molecular formula is C35H62O3. The van der Waals surface area contributed by atoms with Crippen molar-refractivity contribution in [1.82, 2.24) is 0 Å². The van der Waals surface area contributed by atoms with Crippen LogP contribution in [0.5, 0.6) is 0 Å². The molecule has 0 N–H and O–H groups in total. The zero-order chi connectivity index (χ0) is 27.1. The summed E-state index contributed by atoms with van der Waals surface area (Å²) >= 11 is 0. The molecule has 0 aromatic carbocycles. The highest BCUT2D eigenvalue weighted by Crippen LogP contribution is 2.31. The minimum atomic E-state index is -0.0935. The number of allylic oxidation sites excluding steroid dienone is 2. The van der Waals surface area contributed by atoms with Gasteiger partial charge in [0.1, 0.15) is 6.10 Å². The second kappa shape index (κ2) is 22.7. The number of hydrogen-bond acceptors (Lipinski definition) is 3. The van der Waals surface area contributed by atoms with Crippen LogP contribution in [0.15, 0.2) is 23.8 Å². The topological polar surface area (TPSA) is 38.8 Å². The summed E-state index contributed by atoms with van der Waals surface area (Å²) in [6.07, 6.45) is 41.2. The zero-order valence-corrected chi connectivity index (χ0v) is 25.4. The fourth-order valence-corrected chi connectivity index (χ4v) is 5.82. The molecule has 220 valence electrons. The predicted molar refractivity (Wildman–Crippen MR) is 163 cm³/mol. The monoisotopic (exact) mass is 530 g/mol. The highest BCUT2D eigenvalue weighted by Gasteiger charge is 2.36. The zero-order valence-electron chi connectivity index (χ0n) is 25.4. The predicted octanol–water partition coefficient (Wildman–Crippen LogP) is 11.0. The summed E-state index contributed by atoms with van der Waals surface area (Å²) in [5.41, 5.74) is 0.896. The van der Waals surface area contributed by atoms with E-state index in [-0.39, 0.29) is 12.1 Å². The molecule has 2 heterocycles. The van der Waals surface area contributed by atoms with Gasteiger partial charge in [0.15, 0.2) is 0 Å². The van der Waals surface area contributed by atoms with E-state index in [4.69, 9.17) is 9.47 Å².